The Labute approximate surface area is 98.5 Å². The second-order valence-electron chi connectivity index (χ2n) is 5.14. The molecule has 88 valence electrons. The monoisotopic (exact) mass is 218 g/mol. The van der Waals surface area contributed by atoms with Crippen LogP contribution in [0.25, 0.3) is 0 Å². The highest BCUT2D eigenvalue weighted by molar-refractivity contribution is 5.46. The first kappa shape index (κ1) is 11.4. The summed E-state index contributed by atoms with van der Waals surface area (Å²) >= 11 is 0. The zero-order valence-electron chi connectivity index (χ0n) is 10.4. The van der Waals surface area contributed by atoms with Crippen molar-refractivity contribution in [3.05, 3.63) is 24.0 Å². The third-order valence-corrected chi connectivity index (χ3v) is 3.72. The molecule has 1 aliphatic carbocycles. The number of rotatable bonds is 3. The Bertz CT molecular complexity index is 327. The van der Waals surface area contributed by atoms with Gasteiger partial charge >= 0.3 is 0 Å². The molecule has 1 N–H and O–H groups in total. The molecule has 1 heterocycles. The van der Waals surface area contributed by atoms with Gasteiger partial charge in [0.1, 0.15) is 0 Å². The fraction of sp³-hybridized carbons (Fsp3) is 0.643. The van der Waals surface area contributed by atoms with Crippen molar-refractivity contribution in [1.82, 2.24) is 4.98 Å². The summed E-state index contributed by atoms with van der Waals surface area (Å²) in [7, 11) is 0. The lowest BCUT2D eigenvalue weighted by molar-refractivity contribution is 0.300. The van der Waals surface area contributed by atoms with E-state index in [0.29, 0.717) is 0 Å². The molecular weight excluding hydrogens is 196 g/mol. The van der Waals surface area contributed by atoms with E-state index >= 15 is 0 Å². The van der Waals surface area contributed by atoms with Crippen molar-refractivity contribution >= 4 is 5.69 Å². The summed E-state index contributed by atoms with van der Waals surface area (Å²) in [5, 5.41) is 3.53. The van der Waals surface area contributed by atoms with Crippen LogP contribution in [0.15, 0.2) is 18.3 Å². The summed E-state index contributed by atoms with van der Waals surface area (Å²) in [5.74, 6) is 1.80. The summed E-state index contributed by atoms with van der Waals surface area (Å²) in [4.78, 5) is 4.29. The maximum absolute atomic E-state index is 4.29. The molecule has 0 aliphatic heterocycles. The number of aryl methyl sites for hydroxylation is 1. The van der Waals surface area contributed by atoms with E-state index in [1.165, 1.54) is 31.4 Å². The molecule has 0 bridgehead atoms. The van der Waals surface area contributed by atoms with Crippen LogP contribution in [-0.2, 0) is 0 Å². The van der Waals surface area contributed by atoms with Crippen LogP contribution in [0.2, 0.25) is 0 Å². The molecule has 0 atom stereocenters. The zero-order chi connectivity index (χ0) is 11.4. The van der Waals surface area contributed by atoms with E-state index in [9.17, 15) is 0 Å². The topological polar surface area (TPSA) is 24.9 Å². The number of pyridine rings is 1. The van der Waals surface area contributed by atoms with Gasteiger partial charge < -0.3 is 5.32 Å². The molecule has 0 spiro atoms. The van der Waals surface area contributed by atoms with Crippen LogP contribution in [0, 0.1) is 18.8 Å². The SMILES string of the molecule is Cc1ncccc1NCC1CCC(C)CC1. The predicted octanol–water partition coefficient (Wildman–Crippen LogP) is 3.63. The zero-order valence-corrected chi connectivity index (χ0v) is 10.4. The number of aromatic nitrogens is 1. The Hall–Kier alpha value is -1.05. The number of nitrogens with zero attached hydrogens (tertiary/aromatic N) is 1. The van der Waals surface area contributed by atoms with Crippen molar-refractivity contribution in [2.45, 2.75) is 39.5 Å². The molecule has 2 rings (SSSR count). The molecule has 16 heavy (non-hydrogen) atoms. The Morgan fingerprint density at radius 2 is 2.06 bits per heavy atom. The van der Waals surface area contributed by atoms with Crippen molar-refractivity contribution < 1.29 is 0 Å². The lowest BCUT2D eigenvalue weighted by Crippen LogP contribution is -2.20. The first-order valence-corrected chi connectivity index (χ1v) is 6.41. The van der Waals surface area contributed by atoms with E-state index in [2.05, 4.69) is 30.2 Å². The highest BCUT2D eigenvalue weighted by Gasteiger charge is 2.17. The molecule has 1 aromatic rings. The van der Waals surface area contributed by atoms with Crippen molar-refractivity contribution in [3.63, 3.8) is 0 Å². The van der Waals surface area contributed by atoms with Gasteiger partial charge in [-0.15, -0.1) is 0 Å². The van der Waals surface area contributed by atoms with Gasteiger partial charge in [-0.3, -0.25) is 4.98 Å². The average molecular weight is 218 g/mol. The average Bonchev–Trinajstić information content (AvgIpc) is 2.30. The van der Waals surface area contributed by atoms with Crippen LogP contribution < -0.4 is 5.32 Å². The highest BCUT2D eigenvalue weighted by Crippen LogP contribution is 2.28. The lowest BCUT2D eigenvalue weighted by Gasteiger charge is -2.26. The summed E-state index contributed by atoms with van der Waals surface area (Å²) in [5.41, 5.74) is 2.30. The van der Waals surface area contributed by atoms with Crippen LogP contribution in [0.3, 0.4) is 0 Å². The van der Waals surface area contributed by atoms with Gasteiger partial charge in [0, 0.05) is 12.7 Å². The standard InChI is InChI=1S/C14H22N2/c1-11-5-7-13(8-6-11)10-16-14-4-3-9-15-12(14)2/h3-4,9,11,13,16H,5-8,10H2,1-2H3. The van der Waals surface area contributed by atoms with Crippen LogP contribution in [0.5, 0.6) is 0 Å². The van der Waals surface area contributed by atoms with E-state index in [4.69, 9.17) is 0 Å². The fourth-order valence-corrected chi connectivity index (χ4v) is 2.46. The number of anilines is 1. The van der Waals surface area contributed by atoms with Crippen LogP contribution in [-0.4, -0.2) is 11.5 Å². The maximum Gasteiger partial charge on any atom is 0.0603 e. The van der Waals surface area contributed by atoms with Crippen LogP contribution >= 0.6 is 0 Å². The van der Waals surface area contributed by atoms with Gasteiger partial charge in [-0.05, 0) is 43.7 Å². The largest absolute Gasteiger partial charge is 0.383 e. The molecule has 2 heteroatoms. The van der Waals surface area contributed by atoms with Gasteiger partial charge in [-0.1, -0.05) is 19.8 Å². The Morgan fingerprint density at radius 3 is 2.75 bits per heavy atom. The maximum atomic E-state index is 4.29. The molecule has 1 aromatic heterocycles. The lowest BCUT2D eigenvalue weighted by atomic mass is 9.83. The van der Waals surface area contributed by atoms with Gasteiger partial charge in [-0.25, -0.2) is 0 Å². The highest BCUT2D eigenvalue weighted by atomic mass is 14.9. The number of hydrogen-bond donors (Lipinski definition) is 1. The first-order valence-electron chi connectivity index (χ1n) is 6.41. The second-order valence-corrected chi connectivity index (χ2v) is 5.14. The predicted molar refractivity (Wildman–Crippen MR) is 68.6 cm³/mol. The van der Waals surface area contributed by atoms with Crippen LogP contribution in [0.4, 0.5) is 5.69 Å². The first-order chi connectivity index (χ1) is 7.75. The van der Waals surface area contributed by atoms with E-state index < -0.39 is 0 Å². The van der Waals surface area contributed by atoms with E-state index in [1.54, 1.807) is 0 Å². The normalized spacial score (nSPS) is 25.4. The number of nitrogens with one attached hydrogen (secondary N) is 1. The second kappa shape index (κ2) is 5.33. The Morgan fingerprint density at radius 1 is 1.31 bits per heavy atom. The van der Waals surface area contributed by atoms with E-state index in [1.807, 2.05) is 12.3 Å². The number of hydrogen-bond acceptors (Lipinski definition) is 2. The fourth-order valence-electron chi connectivity index (χ4n) is 2.46. The van der Waals surface area contributed by atoms with Gasteiger partial charge in [-0.2, -0.15) is 0 Å². The molecule has 0 unspecified atom stereocenters. The van der Waals surface area contributed by atoms with Gasteiger partial charge in [0.15, 0.2) is 0 Å². The molecule has 0 radical (unpaired) electrons. The van der Waals surface area contributed by atoms with Crippen LogP contribution in [0.1, 0.15) is 38.3 Å². The quantitative estimate of drug-likeness (QED) is 0.838. The van der Waals surface area contributed by atoms with Crippen molar-refractivity contribution in [2.75, 3.05) is 11.9 Å². The van der Waals surface area contributed by atoms with Crippen molar-refractivity contribution in [1.29, 1.82) is 0 Å². The molecule has 0 saturated heterocycles. The van der Waals surface area contributed by atoms with Crippen molar-refractivity contribution in [3.8, 4) is 0 Å². The minimum Gasteiger partial charge on any atom is -0.383 e. The molecule has 1 fully saturated rings. The molecule has 2 nitrogen and oxygen atoms in total. The summed E-state index contributed by atoms with van der Waals surface area (Å²) in [6.07, 6.45) is 7.42. The molecule has 1 saturated carbocycles. The summed E-state index contributed by atoms with van der Waals surface area (Å²) in [6, 6.07) is 4.12. The minimum absolute atomic E-state index is 0.857. The third kappa shape index (κ3) is 2.97. The molecular formula is C14H22N2. The third-order valence-electron chi connectivity index (χ3n) is 3.72. The van der Waals surface area contributed by atoms with Gasteiger partial charge in [0.05, 0.1) is 11.4 Å². The summed E-state index contributed by atoms with van der Waals surface area (Å²) in [6.45, 7) is 5.54. The van der Waals surface area contributed by atoms with E-state index in [0.717, 1.165) is 24.1 Å². The van der Waals surface area contributed by atoms with Gasteiger partial charge in [0.25, 0.3) is 0 Å². The smallest absolute Gasteiger partial charge is 0.0603 e. The van der Waals surface area contributed by atoms with Gasteiger partial charge in [0.2, 0.25) is 0 Å². The van der Waals surface area contributed by atoms with E-state index in [-0.39, 0.29) is 0 Å². The summed E-state index contributed by atoms with van der Waals surface area (Å²) < 4.78 is 0. The Kier molecular flexibility index (Phi) is 3.81. The molecule has 0 amide bonds. The molecule has 1 aliphatic rings. The van der Waals surface area contributed by atoms with Crippen molar-refractivity contribution in [2.24, 2.45) is 11.8 Å². The molecule has 0 aromatic carbocycles. The Balaban J connectivity index is 1.81. The minimum atomic E-state index is 0.857.